The maximum atomic E-state index is 11.6. The van der Waals surface area contributed by atoms with Crippen LogP contribution >= 0.6 is 15.9 Å². The molecule has 1 aliphatic rings. The Morgan fingerprint density at radius 1 is 1.27 bits per heavy atom. The average molecular weight is 275 g/mol. The Morgan fingerprint density at radius 2 is 1.93 bits per heavy atom. The number of carbonyl (C=O) groups is 2. The molecule has 0 saturated carbocycles. The van der Waals surface area contributed by atoms with Gasteiger partial charge < -0.3 is 9.47 Å². The van der Waals surface area contributed by atoms with Crippen LogP contribution in [0.4, 0.5) is 0 Å². The second-order valence-electron chi connectivity index (χ2n) is 3.00. The summed E-state index contributed by atoms with van der Waals surface area (Å²) in [5, 5.41) is 0. The lowest BCUT2D eigenvalue weighted by Gasteiger charge is -2.28. The number of hydrogen-bond acceptors (Lipinski definition) is 4. The van der Waals surface area contributed by atoms with Gasteiger partial charge in [0.2, 0.25) is 0 Å². The zero-order chi connectivity index (χ0) is 11.5. The van der Waals surface area contributed by atoms with Gasteiger partial charge in [-0.25, -0.2) is 0 Å². The summed E-state index contributed by atoms with van der Waals surface area (Å²) in [5.41, 5.74) is 0. The maximum Gasteiger partial charge on any atom is 0.327 e. The fourth-order valence-electron chi connectivity index (χ4n) is 1.34. The zero-order valence-electron chi connectivity index (χ0n) is 8.40. The van der Waals surface area contributed by atoms with Gasteiger partial charge in [-0.3, -0.25) is 9.59 Å². The molecule has 0 N–H and O–H groups in total. The van der Waals surface area contributed by atoms with Crippen LogP contribution in [0.5, 0.6) is 0 Å². The standard InChI is InChI=1S/C10H11BrO4/c1-14-8(12)7-5-3-4-6-10(7,11)9(13)15-2/h3-7H,1-2H3. The summed E-state index contributed by atoms with van der Waals surface area (Å²) in [5.74, 6) is -1.73. The topological polar surface area (TPSA) is 52.6 Å². The zero-order valence-corrected chi connectivity index (χ0v) is 9.98. The van der Waals surface area contributed by atoms with Crippen molar-refractivity contribution >= 4 is 27.9 Å². The molecule has 0 aromatic carbocycles. The van der Waals surface area contributed by atoms with Crippen molar-refractivity contribution in [3.63, 3.8) is 0 Å². The van der Waals surface area contributed by atoms with Gasteiger partial charge in [-0.2, -0.15) is 0 Å². The predicted molar refractivity (Wildman–Crippen MR) is 57.5 cm³/mol. The van der Waals surface area contributed by atoms with E-state index in [1.807, 2.05) is 0 Å². The molecular weight excluding hydrogens is 264 g/mol. The Kier molecular flexibility index (Phi) is 3.68. The van der Waals surface area contributed by atoms with Gasteiger partial charge in [-0.1, -0.05) is 40.2 Å². The van der Waals surface area contributed by atoms with Gasteiger partial charge in [0.05, 0.1) is 14.2 Å². The fraction of sp³-hybridized carbons (Fsp3) is 0.400. The minimum atomic E-state index is -1.16. The number of alkyl halides is 1. The highest BCUT2D eigenvalue weighted by atomic mass is 79.9. The van der Waals surface area contributed by atoms with E-state index in [0.717, 1.165) is 0 Å². The van der Waals surface area contributed by atoms with Crippen molar-refractivity contribution in [3.05, 3.63) is 24.3 Å². The highest BCUT2D eigenvalue weighted by molar-refractivity contribution is 9.10. The summed E-state index contributed by atoms with van der Waals surface area (Å²) >= 11 is 3.22. The molecule has 1 aliphatic carbocycles. The lowest BCUT2D eigenvalue weighted by Crippen LogP contribution is -2.43. The molecule has 0 aromatic heterocycles. The van der Waals surface area contributed by atoms with Gasteiger partial charge >= 0.3 is 11.9 Å². The van der Waals surface area contributed by atoms with Gasteiger partial charge in [0.25, 0.3) is 0 Å². The Bertz CT molecular complexity index is 334. The first-order valence-corrected chi connectivity index (χ1v) is 5.06. The molecule has 1 rings (SSSR count). The molecule has 0 saturated heterocycles. The number of halogens is 1. The van der Waals surface area contributed by atoms with Crippen LogP contribution in [0, 0.1) is 5.92 Å². The molecule has 0 bridgehead atoms. The molecule has 0 spiro atoms. The molecule has 0 heterocycles. The van der Waals surface area contributed by atoms with E-state index in [2.05, 4.69) is 25.4 Å². The highest BCUT2D eigenvalue weighted by Crippen LogP contribution is 2.35. The first-order valence-electron chi connectivity index (χ1n) is 4.27. The summed E-state index contributed by atoms with van der Waals surface area (Å²) in [6.07, 6.45) is 6.52. The van der Waals surface area contributed by atoms with Crippen LogP contribution in [0.3, 0.4) is 0 Å². The van der Waals surface area contributed by atoms with E-state index in [4.69, 9.17) is 0 Å². The Balaban J connectivity index is 3.04. The molecule has 0 radical (unpaired) electrons. The summed E-state index contributed by atoms with van der Waals surface area (Å²) in [6.45, 7) is 0. The molecule has 5 heteroatoms. The quantitative estimate of drug-likeness (QED) is 0.561. The third kappa shape index (κ3) is 2.12. The smallest absolute Gasteiger partial charge is 0.327 e. The van der Waals surface area contributed by atoms with Crippen molar-refractivity contribution in [2.45, 2.75) is 4.32 Å². The van der Waals surface area contributed by atoms with E-state index in [1.54, 1.807) is 24.3 Å². The highest BCUT2D eigenvalue weighted by Gasteiger charge is 2.46. The van der Waals surface area contributed by atoms with Crippen LogP contribution in [0.25, 0.3) is 0 Å². The average Bonchev–Trinajstić information content (AvgIpc) is 2.27. The molecule has 2 atom stereocenters. The monoisotopic (exact) mass is 274 g/mol. The Morgan fingerprint density at radius 3 is 2.47 bits per heavy atom. The molecule has 82 valence electrons. The maximum absolute atomic E-state index is 11.6. The van der Waals surface area contributed by atoms with E-state index < -0.39 is 22.2 Å². The lowest BCUT2D eigenvalue weighted by molar-refractivity contribution is -0.151. The summed E-state index contributed by atoms with van der Waals surface area (Å²) in [7, 11) is 2.55. The van der Waals surface area contributed by atoms with Gasteiger partial charge in [-0.15, -0.1) is 0 Å². The molecule has 0 aliphatic heterocycles. The largest absolute Gasteiger partial charge is 0.469 e. The number of ether oxygens (including phenoxy) is 2. The van der Waals surface area contributed by atoms with Crippen molar-refractivity contribution in [1.82, 2.24) is 0 Å². The Hall–Kier alpha value is -1.10. The molecule has 15 heavy (non-hydrogen) atoms. The number of rotatable bonds is 2. The van der Waals surface area contributed by atoms with Gasteiger partial charge in [-0.05, 0) is 0 Å². The first kappa shape index (κ1) is 12.0. The van der Waals surface area contributed by atoms with Gasteiger partial charge in [0.15, 0.2) is 4.32 Å². The van der Waals surface area contributed by atoms with Gasteiger partial charge in [0, 0.05) is 0 Å². The molecule has 4 nitrogen and oxygen atoms in total. The summed E-state index contributed by atoms with van der Waals surface area (Å²) in [4.78, 5) is 23.0. The van der Waals surface area contributed by atoms with E-state index in [0.29, 0.717) is 0 Å². The lowest BCUT2D eigenvalue weighted by atomic mass is 9.88. The number of esters is 2. The van der Waals surface area contributed by atoms with E-state index >= 15 is 0 Å². The van der Waals surface area contributed by atoms with Crippen LogP contribution < -0.4 is 0 Å². The third-order valence-electron chi connectivity index (χ3n) is 2.16. The summed E-state index contributed by atoms with van der Waals surface area (Å²) in [6, 6.07) is 0. The normalized spacial score (nSPS) is 28.6. The van der Waals surface area contributed by atoms with E-state index in [1.165, 1.54) is 14.2 Å². The van der Waals surface area contributed by atoms with Crippen LogP contribution in [0.2, 0.25) is 0 Å². The number of carbonyl (C=O) groups excluding carboxylic acids is 2. The van der Waals surface area contributed by atoms with Gasteiger partial charge in [0.1, 0.15) is 5.92 Å². The van der Waals surface area contributed by atoms with E-state index in [-0.39, 0.29) is 0 Å². The predicted octanol–water partition coefficient (Wildman–Crippen LogP) is 1.21. The second-order valence-corrected chi connectivity index (χ2v) is 4.32. The summed E-state index contributed by atoms with van der Waals surface area (Å²) < 4.78 is 8.09. The number of hydrogen-bond donors (Lipinski definition) is 0. The van der Waals surface area contributed by atoms with Crippen molar-refractivity contribution in [2.24, 2.45) is 5.92 Å². The minimum Gasteiger partial charge on any atom is -0.469 e. The molecule has 0 fully saturated rings. The second kappa shape index (κ2) is 4.61. The van der Waals surface area contributed by atoms with E-state index in [9.17, 15) is 9.59 Å². The first-order chi connectivity index (χ1) is 7.06. The third-order valence-corrected chi connectivity index (χ3v) is 3.24. The van der Waals surface area contributed by atoms with Crippen LogP contribution in [-0.4, -0.2) is 30.5 Å². The molecule has 0 amide bonds. The Labute approximate surface area is 96.1 Å². The fourth-order valence-corrected chi connectivity index (χ4v) is 2.00. The van der Waals surface area contributed by atoms with Crippen molar-refractivity contribution in [3.8, 4) is 0 Å². The van der Waals surface area contributed by atoms with Crippen molar-refractivity contribution < 1.29 is 19.1 Å². The van der Waals surface area contributed by atoms with Crippen molar-refractivity contribution in [2.75, 3.05) is 14.2 Å². The minimum absolute atomic E-state index is 0.488. The van der Waals surface area contributed by atoms with Crippen LogP contribution in [0.1, 0.15) is 0 Å². The number of allylic oxidation sites excluding steroid dienone is 2. The molecular formula is C10H11BrO4. The van der Waals surface area contributed by atoms with Crippen molar-refractivity contribution in [1.29, 1.82) is 0 Å². The molecule has 0 aromatic rings. The SMILES string of the molecule is COC(=O)C1C=CC=CC1(Br)C(=O)OC. The van der Waals surface area contributed by atoms with Crippen LogP contribution in [-0.2, 0) is 19.1 Å². The molecule has 2 unspecified atom stereocenters. The van der Waals surface area contributed by atoms with Crippen LogP contribution in [0.15, 0.2) is 24.3 Å². The number of methoxy groups -OCH3 is 2.